The second kappa shape index (κ2) is 9.15. The van der Waals surface area contributed by atoms with E-state index in [1.807, 2.05) is 19.2 Å². The number of carbonyl (C=O) groups excluding carboxylic acids is 1. The summed E-state index contributed by atoms with van der Waals surface area (Å²) in [6.07, 6.45) is 2.68. The lowest BCUT2D eigenvalue weighted by molar-refractivity contribution is -0.121. The van der Waals surface area contributed by atoms with Crippen LogP contribution in [0.25, 0.3) is 0 Å². The van der Waals surface area contributed by atoms with Crippen LogP contribution in [0, 0.1) is 5.92 Å². The van der Waals surface area contributed by atoms with Crippen molar-refractivity contribution in [3.05, 3.63) is 29.8 Å². The molecular formula is C18H28N4O2. The molecule has 1 aliphatic rings. The fourth-order valence-corrected chi connectivity index (χ4v) is 2.97. The van der Waals surface area contributed by atoms with Gasteiger partial charge in [0.25, 0.3) is 0 Å². The van der Waals surface area contributed by atoms with Crippen molar-refractivity contribution in [2.45, 2.75) is 25.8 Å². The average molecular weight is 332 g/mol. The molecule has 0 spiro atoms. The number of guanidine groups is 1. The Morgan fingerprint density at radius 2 is 1.96 bits per heavy atom. The zero-order chi connectivity index (χ0) is 17.4. The highest BCUT2D eigenvalue weighted by Gasteiger charge is 2.22. The Labute approximate surface area is 144 Å². The Hall–Kier alpha value is -2.24. The van der Waals surface area contributed by atoms with Crippen LogP contribution >= 0.6 is 0 Å². The molecule has 2 N–H and O–H groups in total. The number of nitrogens with one attached hydrogen (secondary N) is 2. The van der Waals surface area contributed by atoms with Crippen molar-refractivity contribution in [2.24, 2.45) is 10.9 Å². The van der Waals surface area contributed by atoms with Crippen LogP contribution in [0.4, 0.5) is 0 Å². The summed E-state index contributed by atoms with van der Waals surface area (Å²) in [5, 5.41) is 6.12. The molecule has 1 saturated heterocycles. The van der Waals surface area contributed by atoms with E-state index in [4.69, 9.17) is 4.74 Å². The molecular weight excluding hydrogens is 304 g/mol. The number of hydrogen-bond acceptors (Lipinski definition) is 3. The van der Waals surface area contributed by atoms with Gasteiger partial charge in [0.2, 0.25) is 5.91 Å². The number of rotatable bonds is 5. The summed E-state index contributed by atoms with van der Waals surface area (Å²) in [6, 6.07) is 8.03. The van der Waals surface area contributed by atoms with Crippen molar-refractivity contribution in [3.63, 3.8) is 0 Å². The summed E-state index contributed by atoms with van der Waals surface area (Å²) < 4.78 is 5.18. The van der Waals surface area contributed by atoms with Crippen molar-refractivity contribution in [3.8, 4) is 5.75 Å². The van der Waals surface area contributed by atoms with Crippen LogP contribution in [-0.2, 0) is 11.3 Å². The van der Waals surface area contributed by atoms with E-state index >= 15 is 0 Å². The summed E-state index contributed by atoms with van der Waals surface area (Å²) >= 11 is 0. The molecule has 6 nitrogen and oxygen atoms in total. The normalized spacial score (nSPS) is 16.0. The number of piperidine rings is 1. The van der Waals surface area contributed by atoms with Gasteiger partial charge in [0.05, 0.1) is 7.11 Å². The molecule has 1 amide bonds. The smallest absolute Gasteiger partial charge is 0.220 e. The number of benzene rings is 1. The van der Waals surface area contributed by atoms with E-state index in [1.165, 1.54) is 5.56 Å². The maximum Gasteiger partial charge on any atom is 0.220 e. The molecule has 0 atom stereocenters. The molecule has 0 unspecified atom stereocenters. The van der Waals surface area contributed by atoms with Crippen molar-refractivity contribution >= 4 is 11.9 Å². The Morgan fingerprint density at radius 1 is 1.29 bits per heavy atom. The highest BCUT2D eigenvalue weighted by Crippen LogP contribution is 2.20. The van der Waals surface area contributed by atoms with Gasteiger partial charge in [0.1, 0.15) is 5.75 Å². The molecule has 1 fully saturated rings. The van der Waals surface area contributed by atoms with E-state index in [-0.39, 0.29) is 5.91 Å². The molecule has 1 aromatic rings. The van der Waals surface area contributed by atoms with Crippen LogP contribution in [0.5, 0.6) is 5.75 Å². The van der Waals surface area contributed by atoms with Gasteiger partial charge in [0.15, 0.2) is 5.96 Å². The number of carbonyl (C=O) groups is 1. The molecule has 24 heavy (non-hydrogen) atoms. The van der Waals surface area contributed by atoms with Crippen LogP contribution in [0.15, 0.2) is 29.3 Å². The minimum atomic E-state index is 0.135. The van der Waals surface area contributed by atoms with E-state index in [9.17, 15) is 4.79 Å². The molecule has 0 aliphatic carbocycles. The summed E-state index contributed by atoms with van der Waals surface area (Å²) in [6.45, 7) is 2.60. The molecule has 1 aromatic carbocycles. The standard InChI is InChI=1S/C18H28N4O2/c1-19-17(23)12-14-8-10-22(11-9-14)18(20-2)21-13-15-4-6-16(24-3)7-5-15/h4-7,14H,8-13H2,1-3H3,(H,19,23)(H,20,21). The minimum Gasteiger partial charge on any atom is -0.497 e. The van der Waals surface area contributed by atoms with Gasteiger partial charge in [-0.1, -0.05) is 12.1 Å². The number of methoxy groups -OCH3 is 1. The predicted molar refractivity (Wildman–Crippen MR) is 96.2 cm³/mol. The highest BCUT2D eigenvalue weighted by atomic mass is 16.5. The van der Waals surface area contributed by atoms with Gasteiger partial charge in [-0.3, -0.25) is 9.79 Å². The molecule has 1 aliphatic heterocycles. The number of amides is 1. The summed E-state index contributed by atoms with van der Waals surface area (Å²) in [5.41, 5.74) is 1.19. The maximum absolute atomic E-state index is 11.5. The van der Waals surface area contributed by atoms with Gasteiger partial charge in [0, 0.05) is 40.2 Å². The fourth-order valence-electron chi connectivity index (χ4n) is 2.97. The van der Waals surface area contributed by atoms with E-state index in [0.29, 0.717) is 12.3 Å². The number of ether oxygens (including phenoxy) is 1. The monoisotopic (exact) mass is 332 g/mol. The predicted octanol–water partition coefficient (Wildman–Crippen LogP) is 1.62. The van der Waals surface area contributed by atoms with Gasteiger partial charge < -0.3 is 20.3 Å². The van der Waals surface area contributed by atoms with Crippen LogP contribution < -0.4 is 15.4 Å². The number of hydrogen-bond donors (Lipinski definition) is 2. The number of likely N-dealkylation sites (tertiary alicyclic amines) is 1. The Kier molecular flexibility index (Phi) is 6.90. The van der Waals surface area contributed by atoms with Crippen LogP contribution in [0.2, 0.25) is 0 Å². The topological polar surface area (TPSA) is 66.0 Å². The van der Waals surface area contributed by atoms with Gasteiger partial charge in [-0.25, -0.2) is 0 Å². The zero-order valence-corrected chi connectivity index (χ0v) is 14.8. The van der Waals surface area contributed by atoms with Gasteiger partial charge in [-0.15, -0.1) is 0 Å². The summed E-state index contributed by atoms with van der Waals surface area (Å²) in [5.74, 6) is 2.39. The van der Waals surface area contributed by atoms with E-state index in [2.05, 4.69) is 32.7 Å². The van der Waals surface area contributed by atoms with E-state index in [1.54, 1.807) is 14.2 Å². The largest absolute Gasteiger partial charge is 0.497 e. The Bertz CT molecular complexity index is 549. The second-order valence-corrected chi connectivity index (χ2v) is 6.06. The second-order valence-electron chi connectivity index (χ2n) is 6.06. The minimum absolute atomic E-state index is 0.135. The zero-order valence-electron chi connectivity index (χ0n) is 14.8. The number of nitrogens with zero attached hydrogens (tertiary/aromatic N) is 2. The SMILES string of the molecule is CN=C(NCc1ccc(OC)cc1)N1CCC(CC(=O)NC)CC1. The molecule has 0 radical (unpaired) electrons. The average Bonchev–Trinajstić information content (AvgIpc) is 2.63. The van der Waals surface area contributed by atoms with E-state index in [0.717, 1.165) is 44.2 Å². The van der Waals surface area contributed by atoms with Gasteiger partial charge in [-0.2, -0.15) is 0 Å². The molecule has 0 aromatic heterocycles. The molecule has 1 heterocycles. The summed E-state index contributed by atoms with van der Waals surface area (Å²) in [4.78, 5) is 18.1. The molecule has 2 rings (SSSR count). The van der Waals surface area contributed by atoms with Crippen LogP contribution in [0.3, 0.4) is 0 Å². The van der Waals surface area contributed by atoms with Crippen molar-refractivity contribution in [2.75, 3.05) is 34.3 Å². The first-order valence-electron chi connectivity index (χ1n) is 8.45. The van der Waals surface area contributed by atoms with Crippen molar-refractivity contribution in [1.29, 1.82) is 0 Å². The lowest BCUT2D eigenvalue weighted by Crippen LogP contribution is -2.45. The van der Waals surface area contributed by atoms with Gasteiger partial charge in [-0.05, 0) is 36.5 Å². The third-order valence-corrected chi connectivity index (χ3v) is 4.49. The molecule has 0 saturated carbocycles. The lowest BCUT2D eigenvalue weighted by Gasteiger charge is -2.34. The molecule has 6 heteroatoms. The first-order valence-corrected chi connectivity index (χ1v) is 8.45. The van der Waals surface area contributed by atoms with Crippen LogP contribution in [-0.4, -0.2) is 51.1 Å². The third-order valence-electron chi connectivity index (χ3n) is 4.49. The third kappa shape index (κ3) is 5.15. The quantitative estimate of drug-likeness (QED) is 0.635. The lowest BCUT2D eigenvalue weighted by atomic mass is 9.93. The Morgan fingerprint density at radius 3 is 2.50 bits per heavy atom. The number of aliphatic imine (C=N–C) groups is 1. The first kappa shape index (κ1) is 18.1. The first-order chi connectivity index (χ1) is 11.7. The van der Waals surface area contributed by atoms with Crippen LogP contribution in [0.1, 0.15) is 24.8 Å². The van der Waals surface area contributed by atoms with Crippen molar-refractivity contribution < 1.29 is 9.53 Å². The maximum atomic E-state index is 11.5. The highest BCUT2D eigenvalue weighted by molar-refractivity contribution is 5.80. The molecule has 0 bridgehead atoms. The van der Waals surface area contributed by atoms with E-state index < -0.39 is 0 Å². The fraction of sp³-hybridized carbons (Fsp3) is 0.556. The van der Waals surface area contributed by atoms with Crippen molar-refractivity contribution in [1.82, 2.24) is 15.5 Å². The molecule has 132 valence electrons. The summed E-state index contributed by atoms with van der Waals surface area (Å²) in [7, 11) is 5.18. The Balaban J connectivity index is 1.81. The van der Waals surface area contributed by atoms with Gasteiger partial charge >= 0.3 is 0 Å².